The van der Waals surface area contributed by atoms with E-state index in [1.807, 2.05) is 25.2 Å². The second kappa shape index (κ2) is 9.33. The Bertz CT molecular complexity index is 1120. The van der Waals surface area contributed by atoms with Crippen molar-refractivity contribution in [2.45, 2.75) is 51.0 Å². The molecule has 174 valence electrons. The number of halogens is 1. The first-order valence-corrected chi connectivity index (χ1v) is 11.8. The van der Waals surface area contributed by atoms with Crippen LogP contribution in [0.25, 0.3) is 5.65 Å². The normalized spacial score (nSPS) is 17.9. The number of hydrogen-bond acceptors (Lipinski definition) is 6. The van der Waals surface area contributed by atoms with Crippen molar-refractivity contribution in [2.75, 3.05) is 35.3 Å². The van der Waals surface area contributed by atoms with E-state index in [1.165, 1.54) is 25.3 Å². The van der Waals surface area contributed by atoms with Crippen molar-refractivity contribution in [3.05, 3.63) is 42.5 Å². The SMILES string of the molecule is CN(c1ccc(NC(=O)C2CCN(c3ccc4nncn4n3)CC2)cc1F)C1CCCCC1. The van der Waals surface area contributed by atoms with Gasteiger partial charge in [0.25, 0.3) is 0 Å². The average molecular weight is 452 g/mol. The number of carbonyl (C=O) groups excluding carboxylic acids is 1. The topological polar surface area (TPSA) is 78.7 Å². The zero-order chi connectivity index (χ0) is 22.8. The molecule has 3 aromatic rings. The fourth-order valence-electron chi connectivity index (χ4n) is 5.04. The summed E-state index contributed by atoms with van der Waals surface area (Å²) < 4.78 is 16.5. The molecule has 0 unspecified atom stereocenters. The monoisotopic (exact) mass is 451 g/mol. The summed E-state index contributed by atoms with van der Waals surface area (Å²) >= 11 is 0. The molecule has 0 radical (unpaired) electrons. The Kier molecular flexibility index (Phi) is 6.11. The molecule has 5 rings (SSSR count). The molecule has 33 heavy (non-hydrogen) atoms. The zero-order valence-electron chi connectivity index (χ0n) is 19.0. The number of hydrogen-bond donors (Lipinski definition) is 1. The second-order valence-electron chi connectivity index (χ2n) is 9.14. The highest BCUT2D eigenvalue weighted by molar-refractivity contribution is 5.93. The van der Waals surface area contributed by atoms with Gasteiger partial charge in [-0.3, -0.25) is 4.79 Å². The Morgan fingerprint density at radius 1 is 1.09 bits per heavy atom. The maximum atomic E-state index is 14.9. The van der Waals surface area contributed by atoms with Crippen LogP contribution in [-0.4, -0.2) is 51.9 Å². The summed E-state index contributed by atoms with van der Waals surface area (Å²) in [6.07, 6.45) is 8.91. The van der Waals surface area contributed by atoms with Crippen molar-refractivity contribution in [3.63, 3.8) is 0 Å². The number of nitrogens with one attached hydrogen (secondary N) is 1. The van der Waals surface area contributed by atoms with Crippen LogP contribution in [0.1, 0.15) is 44.9 Å². The summed E-state index contributed by atoms with van der Waals surface area (Å²) in [6.45, 7) is 1.47. The molecule has 3 heterocycles. The molecule has 1 saturated carbocycles. The van der Waals surface area contributed by atoms with Crippen LogP contribution in [0.15, 0.2) is 36.7 Å². The molecule has 1 amide bonds. The number of anilines is 3. The predicted molar refractivity (Wildman–Crippen MR) is 126 cm³/mol. The molecule has 1 N–H and O–H groups in total. The Hall–Kier alpha value is -3.23. The van der Waals surface area contributed by atoms with Gasteiger partial charge in [0.1, 0.15) is 18.0 Å². The number of fused-ring (bicyclic) bond motifs is 1. The summed E-state index contributed by atoms with van der Waals surface area (Å²) in [5.41, 5.74) is 1.82. The summed E-state index contributed by atoms with van der Waals surface area (Å²) in [5.74, 6) is 0.407. The lowest BCUT2D eigenvalue weighted by atomic mass is 9.94. The highest BCUT2D eigenvalue weighted by atomic mass is 19.1. The fourth-order valence-corrected chi connectivity index (χ4v) is 5.04. The molecule has 1 saturated heterocycles. The Balaban J connectivity index is 1.17. The maximum absolute atomic E-state index is 14.9. The highest BCUT2D eigenvalue weighted by Gasteiger charge is 2.26. The molecular formula is C24H30FN7O. The third-order valence-electron chi connectivity index (χ3n) is 7.05. The summed E-state index contributed by atoms with van der Waals surface area (Å²) in [7, 11) is 1.97. The second-order valence-corrected chi connectivity index (χ2v) is 9.14. The van der Waals surface area contributed by atoms with E-state index in [-0.39, 0.29) is 17.6 Å². The van der Waals surface area contributed by atoms with Gasteiger partial charge in [0.2, 0.25) is 5.91 Å². The van der Waals surface area contributed by atoms with Gasteiger partial charge >= 0.3 is 0 Å². The molecule has 1 aliphatic heterocycles. The largest absolute Gasteiger partial charge is 0.369 e. The summed E-state index contributed by atoms with van der Waals surface area (Å²) in [6, 6.07) is 9.24. The number of carbonyl (C=O) groups is 1. The minimum Gasteiger partial charge on any atom is -0.369 e. The van der Waals surface area contributed by atoms with Crippen molar-refractivity contribution in [1.82, 2.24) is 19.8 Å². The lowest BCUT2D eigenvalue weighted by Crippen LogP contribution is -2.38. The van der Waals surface area contributed by atoms with Gasteiger partial charge in [0, 0.05) is 37.8 Å². The van der Waals surface area contributed by atoms with E-state index >= 15 is 0 Å². The maximum Gasteiger partial charge on any atom is 0.227 e. The molecule has 2 aromatic heterocycles. The van der Waals surface area contributed by atoms with Crippen LogP contribution in [-0.2, 0) is 4.79 Å². The van der Waals surface area contributed by atoms with Gasteiger partial charge in [-0.15, -0.1) is 15.3 Å². The number of aromatic nitrogens is 4. The molecule has 1 aliphatic carbocycles. The molecule has 9 heteroatoms. The number of benzene rings is 1. The predicted octanol–water partition coefficient (Wildman–Crippen LogP) is 3.89. The smallest absolute Gasteiger partial charge is 0.227 e. The van der Waals surface area contributed by atoms with Crippen molar-refractivity contribution in [1.29, 1.82) is 0 Å². The lowest BCUT2D eigenvalue weighted by Gasteiger charge is -2.33. The van der Waals surface area contributed by atoms with Gasteiger partial charge in [-0.25, -0.2) is 4.39 Å². The molecule has 8 nitrogen and oxygen atoms in total. The van der Waals surface area contributed by atoms with Crippen LogP contribution >= 0.6 is 0 Å². The first-order chi connectivity index (χ1) is 16.1. The average Bonchev–Trinajstić information content (AvgIpc) is 3.32. The van der Waals surface area contributed by atoms with Crippen molar-refractivity contribution >= 4 is 28.7 Å². The molecule has 1 aromatic carbocycles. The first kappa shape index (κ1) is 21.6. The molecule has 2 aliphatic rings. The van der Waals surface area contributed by atoms with E-state index < -0.39 is 0 Å². The van der Waals surface area contributed by atoms with Crippen LogP contribution in [0, 0.1) is 11.7 Å². The molecule has 2 fully saturated rings. The number of piperidine rings is 1. The third-order valence-corrected chi connectivity index (χ3v) is 7.05. The van der Waals surface area contributed by atoms with E-state index in [4.69, 9.17) is 0 Å². The minimum atomic E-state index is -0.286. The van der Waals surface area contributed by atoms with Gasteiger partial charge in [-0.05, 0) is 56.0 Å². The van der Waals surface area contributed by atoms with Crippen LogP contribution < -0.4 is 15.1 Å². The minimum absolute atomic E-state index is 0.0512. The summed E-state index contributed by atoms with van der Waals surface area (Å²) in [5, 5.41) is 15.3. The first-order valence-electron chi connectivity index (χ1n) is 11.8. The van der Waals surface area contributed by atoms with Gasteiger partial charge in [-0.1, -0.05) is 19.3 Å². The Morgan fingerprint density at radius 2 is 1.88 bits per heavy atom. The van der Waals surface area contributed by atoms with Crippen LogP contribution in [0.2, 0.25) is 0 Å². The fraction of sp³-hybridized carbons (Fsp3) is 0.500. The highest BCUT2D eigenvalue weighted by Crippen LogP contribution is 2.30. The quantitative estimate of drug-likeness (QED) is 0.634. The van der Waals surface area contributed by atoms with Crippen LogP contribution in [0.3, 0.4) is 0 Å². The van der Waals surface area contributed by atoms with E-state index in [2.05, 4.69) is 30.4 Å². The Labute approximate surface area is 192 Å². The van der Waals surface area contributed by atoms with Gasteiger partial charge in [0.15, 0.2) is 5.65 Å². The molecule has 0 atom stereocenters. The van der Waals surface area contributed by atoms with E-state index in [9.17, 15) is 9.18 Å². The van der Waals surface area contributed by atoms with Gasteiger partial charge < -0.3 is 15.1 Å². The summed E-state index contributed by atoms with van der Waals surface area (Å²) in [4.78, 5) is 17.1. The van der Waals surface area contributed by atoms with Crippen molar-refractivity contribution in [2.24, 2.45) is 5.92 Å². The van der Waals surface area contributed by atoms with Gasteiger partial charge in [-0.2, -0.15) is 4.52 Å². The van der Waals surface area contributed by atoms with Crippen molar-refractivity contribution in [3.8, 4) is 0 Å². The molecule has 0 bridgehead atoms. The van der Waals surface area contributed by atoms with Gasteiger partial charge in [0.05, 0.1) is 5.69 Å². The standard InChI is InChI=1S/C24H30FN7O/c1-30(19-5-3-2-4-6-19)21-8-7-18(15-20(21)25)27-24(33)17-11-13-31(14-12-17)23-10-9-22-28-26-16-32(22)29-23/h7-10,15-17,19H,2-6,11-14H2,1H3,(H,27,33). The molecule has 0 spiro atoms. The van der Waals surface area contributed by atoms with Crippen LogP contribution in [0.4, 0.5) is 21.6 Å². The van der Waals surface area contributed by atoms with Crippen molar-refractivity contribution < 1.29 is 9.18 Å². The third kappa shape index (κ3) is 4.62. The molecular weight excluding hydrogens is 421 g/mol. The number of rotatable bonds is 5. The Morgan fingerprint density at radius 3 is 2.64 bits per heavy atom. The van der Waals surface area contributed by atoms with Crippen LogP contribution in [0.5, 0.6) is 0 Å². The number of amides is 1. The number of nitrogens with zero attached hydrogens (tertiary/aromatic N) is 6. The lowest BCUT2D eigenvalue weighted by molar-refractivity contribution is -0.120. The van der Waals surface area contributed by atoms with E-state index in [0.717, 1.165) is 44.6 Å². The van der Waals surface area contributed by atoms with E-state index in [1.54, 1.807) is 16.9 Å². The zero-order valence-corrected chi connectivity index (χ0v) is 19.0. The van der Waals surface area contributed by atoms with E-state index in [0.29, 0.717) is 23.1 Å².